The molecule has 1 aliphatic heterocycles. The molecular weight excluding hydrogens is 466 g/mol. The number of aryl methyl sites for hydroxylation is 1. The lowest BCUT2D eigenvalue weighted by Gasteiger charge is -2.34. The topological polar surface area (TPSA) is 141 Å². The Labute approximate surface area is 198 Å². The number of imidazole rings is 1. The number of benzene rings is 1. The van der Waals surface area contributed by atoms with Gasteiger partial charge in [-0.15, -0.1) is 0 Å². The van der Waals surface area contributed by atoms with Gasteiger partial charge >= 0.3 is 11.8 Å². The first-order valence-electron chi connectivity index (χ1n) is 10.7. The second kappa shape index (κ2) is 11.8. The largest absolute Gasteiger partial charge is 0.493 e. The second-order valence-electron chi connectivity index (χ2n) is 7.43. The van der Waals surface area contributed by atoms with E-state index in [-0.39, 0.29) is 23.7 Å². The van der Waals surface area contributed by atoms with Crippen molar-refractivity contribution in [2.45, 2.75) is 30.5 Å². The predicted octanol–water partition coefficient (Wildman–Crippen LogP) is -0.0399. The average molecular weight is 496 g/mol. The van der Waals surface area contributed by atoms with Crippen LogP contribution in [0, 0.1) is 0 Å². The Morgan fingerprint density at radius 2 is 1.94 bits per heavy atom. The van der Waals surface area contributed by atoms with Gasteiger partial charge in [0.05, 0.1) is 38.6 Å². The van der Waals surface area contributed by atoms with E-state index in [0.717, 1.165) is 0 Å². The van der Waals surface area contributed by atoms with Gasteiger partial charge in [0.25, 0.3) is 0 Å². The van der Waals surface area contributed by atoms with Crippen LogP contribution in [0.2, 0.25) is 0 Å². The van der Waals surface area contributed by atoms with E-state index in [0.29, 0.717) is 38.3 Å². The summed E-state index contributed by atoms with van der Waals surface area (Å²) in [4.78, 5) is 28.2. The summed E-state index contributed by atoms with van der Waals surface area (Å²) >= 11 is 0. The molecule has 0 spiro atoms. The number of sulfonamides is 1. The molecule has 1 aromatic carbocycles. The molecule has 0 radical (unpaired) electrons. The quantitative estimate of drug-likeness (QED) is 0.346. The Morgan fingerprint density at radius 3 is 2.65 bits per heavy atom. The second-order valence-corrected chi connectivity index (χ2v) is 9.32. The van der Waals surface area contributed by atoms with Crippen molar-refractivity contribution in [1.29, 1.82) is 0 Å². The number of hydrogen-bond acceptors (Lipinski definition) is 8. The lowest BCUT2D eigenvalue weighted by molar-refractivity contribution is -0.140. The van der Waals surface area contributed by atoms with Crippen molar-refractivity contribution in [2.75, 3.05) is 40.5 Å². The Balaban J connectivity index is 1.56. The minimum atomic E-state index is -3.96. The molecule has 0 unspecified atom stereocenters. The standard InChI is InChI=1S/C21H29N5O7S/c1-31-17-6-5-16(13-18(17)32-2)34(29,30)26-10-4-12-33-19(26)14-24-21(28)20(27)23-7-3-9-25-11-8-22-15-25/h5-6,8,11,13,15,19H,3-4,7,9-10,12,14H2,1-2H3,(H,23,27)(H,24,28)/t19-/m0/s1. The molecule has 2 heterocycles. The van der Waals surface area contributed by atoms with Crippen molar-refractivity contribution >= 4 is 21.8 Å². The number of carbonyl (C=O) groups is 2. The smallest absolute Gasteiger partial charge is 0.309 e. The Bertz CT molecular complexity index is 1080. The van der Waals surface area contributed by atoms with Crippen LogP contribution in [0.4, 0.5) is 0 Å². The minimum absolute atomic E-state index is 0.00242. The number of methoxy groups -OCH3 is 2. The summed E-state index contributed by atoms with van der Waals surface area (Å²) in [5.41, 5.74) is 0. The molecule has 2 aromatic rings. The van der Waals surface area contributed by atoms with Crippen LogP contribution < -0.4 is 20.1 Å². The van der Waals surface area contributed by atoms with Gasteiger partial charge in [0.15, 0.2) is 11.5 Å². The SMILES string of the molecule is COc1ccc(S(=O)(=O)N2CCCO[C@H]2CNC(=O)C(=O)NCCCn2ccnc2)cc1OC. The molecule has 1 aliphatic rings. The number of nitrogens with one attached hydrogen (secondary N) is 2. The highest BCUT2D eigenvalue weighted by molar-refractivity contribution is 7.89. The number of ether oxygens (including phenoxy) is 3. The molecule has 2 N–H and O–H groups in total. The van der Waals surface area contributed by atoms with E-state index in [1.54, 1.807) is 18.7 Å². The maximum atomic E-state index is 13.3. The lowest BCUT2D eigenvalue weighted by atomic mass is 10.3. The van der Waals surface area contributed by atoms with Crippen LogP contribution in [-0.4, -0.2) is 80.8 Å². The van der Waals surface area contributed by atoms with Gasteiger partial charge in [-0.05, 0) is 25.0 Å². The number of nitrogens with zero attached hydrogens (tertiary/aromatic N) is 3. The van der Waals surface area contributed by atoms with Gasteiger partial charge in [0, 0.05) is 38.1 Å². The fraction of sp³-hybridized carbons (Fsp3) is 0.476. The van der Waals surface area contributed by atoms with Crippen molar-refractivity contribution in [3.63, 3.8) is 0 Å². The molecule has 2 amide bonds. The van der Waals surface area contributed by atoms with Gasteiger partial charge in [0.1, 0.15) is 6.23 Å². The van der Waals surface area contributed by atoms with Crippen LogP contribution in [0.3, 0.4) is 0 Å². The summed E-state index contributed by atoms with van der Waals surface area (Å²) in [5, 5.41) is 5.00. The zero-order chi connectivity index (χ0) is 24.6. The normalized spacial score (nSPS) is 16.6. The molecule has 0 saturated carbocycles. The van der Waals surface area contributed by atoms with E-state index >= 15 is 0 Å². The van der Waals surface area contributed by atoms with Crippen molar-refractivity contribution in [3.05, 3.63) is 36.9 Å². The Morgan fingerprint density at radius 1 is 1.18 bits per heavy atom. The zero-order valence-corrected chi connectivity index (χ0v) is 19.9. The van der Waals surface area contributed by atoms with Crippen LogP contribution in [0.25, 0.3) is 0 Å². The Kier molecular flexibility index (Phi) is 8.85. The zero-order valence-electron chi connectivity index (χ0n) is 19.1. The first-order chi connectivity index (χ1) is 16.4. The lowest BCUT2D eigenvalue weighted by Crippen LogP contribution is -2.53. The first-order valence-corrected chi connectivity index (χ1v) is 12.2. The van der Waals surface area contributed by atoms with Crippen molar-refractivity contribution < 1.29 is 32.2 Å². The van der Waals surface area contributed by atoms with Crippen LogP contribution >= 0.6 is 0 Å². The molecule has 13 heteroatoms. The third-order valence-electron chi connectivity index (χ3n) is 5.20. The predicted molar refractivity (Wildman–Crippen MR) is 121 cm³/mol. The Hall–Kier alpha value is -3.16. The van der Waals surface area contributed by atoms with Crippen LogP contribution in [0.5, 0.6) is 11.5 Å². The first kappa shape index (κ1) is 25.5. The van der Waals surface area contributed by atoms with E-state index in [1.807, 2.05) is 4.57 Å². The molecule has 34 heavy (non-hydrogen) atoms. The van der Waals surface area contributed by atoms with E-state index in [1.165, 1.54) is 36.7 Å². The fourth-order valence-electron chi connectivity index (χ4n) is 3.44. The molecule has 1 fully saturated rings. The van der Waals surface area contributed by atoms with Gasteiger partial charge < -0.3 is 29.4 Å². The van der Waals surface area contributed by atoms with Crippen LogP contribution in [0.1, 0.15) is 12.8 Å². The van der Waals surface area contributed by atoms with Crippen LogP contribution in [-0.2, 0) is 30.9 Å². The minimum Gasteiger partial charge on any atom is -0.493 e. The highest BCUT2D eigenvalue weighted by Crippen LogP contribution is 2.31. The highest BCUT2D eigenvalue weighted by atomic mass is 32.2. The van der Waals surface area contributed by atoms with E-state index in [2.05, 4.69) is 15.6 Å². The van der Waals surface area contributed by atoms with E-state index in [9.17, 15) is 18.0 Å². The summed E-state index contributed by atoms with van der Waals surface area (Å²) in [6.45, 7) is 1.33. The molecule has 186 valence electrons. The van der Waals surface area contributed by atoms with Gasteiger partial charge in [-0.1, -0.05) is 0 Å². The molecule has 12 nitrogen and oxygen atoms in total. The van der Waals surface area contributed by atoms with Gasteiger partial charge in [0.2, 0.25) is 10.0 Å². The number of amides is 2. The summed E-state index contributed by atoms with van der Waals surface area (Å²) in [5.74, 6) is -0.983. The monoisotopic (exact) mass is 495 g/mol. The molecule has 3 rings (SSSR count). The number of hydrogen-bond donors (Lipinski definition) is 2. The van der Waals surface area contributed by atoms with Crippen molar-refractivity contribution in [2.24, 2.45) is 0 Å². The van der Waals surface area contributed by atoms with Gasteiger partial charge in [-0.3, -0.25) is 9.59 Å². The maximum absolute atomic E-state index is 13.3. The number of carbonyl (C=O) groups excluding carboxylic acids is 2. The van der Waals surface area contributed by atoms with Gasteiger partial charge in [-0.25, -0.2) is 13.4 Å². The summed E-state index contributed by atoms with van der Waals surface area (Å²) in [7, 11) is -1.09. The highest BCUT2D eigenvalue weighted by Gasteiger charge is 2.35. The molecule has 1 aromatic heterocycles. The van der Waals surface area contributed by atoms with E-state index in [4.69, 9.17) is 14.2 Å². The summed E-state index contributed by atoms with van der Waals surface area (Å²) < 4.78 is 45.5. The molecule has 0 aliphatic carbocycles. The molecule has 1 saturated heterocycles. The average Bonchev–Trinajstić information content (AvgIpc) is 3.38. The summed E-state index contributed by atoms with van der Waals surface area (Å²) in [6.07, 6.45) is 5.30. The number of aromatic nitrogens is 2. The third kappa shape index (κ3) is 6.24. The molecular formula is C21H29N5O7S. The molecule has 1 atom stereocenters. The number of rotatable bonds is 10. The molecule has 0 bridgehead atoms. The summed E-state index contributed by atoms with van der Waals surface area (Å²) in [6, 6.07) is 4.29. The fourth-order valence-corrected chi connectivity index (χ4v) is 5.02. The third-order valence-corrected chi connectivity index (χ3v) is 7.08. The van der Waals surface area contributed by atoms with Crippen molar-refractivity contribution in [3.8, 4) is 11.5 Å². The van der Waals surface area contributed by atoms with Gasteiger partial charge in [-0.2, -0.15) is 4.31 Å². The van der Waals surface area contributed by atoms with Crippen molar-refractivity contribution in [1.82, 2.24) is 24.5 Å². The van der Waals surface area contributed by atoms with E-state index < -0.39 is 28.1 Å². The maximum Gasteiger partial charge on any atom is 0.309 e. The van der Waals surface area contributed by atoms with Crippen LogP contribution in [0.15, 0.2) is 41.8 Å².